The van der Waals surface area contributed by atoms with Crippen molar-refractivity contribution in [1.82, 2.24) is 20.2 Å². The molecule has 2 heterocycles. The quantitative estimate of drug-likeness (QED) is 0.793. The average molecular weight is 203 g/mol. The summed E-state index contributed by atoms with van der Waals surface area (Å²) in [7, 11) is 0. The zero-order valence-corrected chi connectivity index (χ0v) is 8.62. The van der Waals surface area contributed by atoms with E-state index in [-0.39, 0.29) is 0 Å². The Bertz CT molecular complexity index is 486. The molecule has 0 atom stereocenters. The molecule has 0 unspecified atom stereocenters. The van der Waals surface area contributed by atoms with E-state index in [2.05, 4.69) is 32.4 Å². The molecule has 2 N–H and O–H groups in total. The number of rotatable bonds is 3. The Morgan fingerprint density at radius 1 is 1.47 bits per heavy atom. The SMILES string of the molecule is CCc1[nH]nc2ncnc(NC3CC3)c12. The summed E-state index contributed by atoms with van der Waals surface area (Å²) in [5, 5.41) is 11.6. The lowest BCUT2D eigenvalue weighted by atomic mass is 10.2. The molecule has 0 bridgehead atoms. The Kier molecular flexibility index (Phi) is 1.83. The summed E-state index contributed by atoms with van der Waals surface area (Å²) in [5.41, 5.74) is 1.86. The minimum atomic E-state index is 0.600. The lowest BCUT2D eigenvalue weighted by Crippen LogP contribution is -2.04. The molecular formula is C10H13N5. The summed E-state index contributed by atoms with van der Waals surface area (Å²) in [6.45, 7) is 2.10. The smallest absolute Gasteiger partial charge is 0.186 e. The van der Waals surface area contributed by atoms with Gasteiger partial charge in [0.15, 0.2) is 5.65 Å². The molecule has 15 heavy (non-hydrogen) atoms. The van der Waals surface area contributed by atoms with E-state index in [0.717, 1.165) is 29.0 Å². The van der Waals surface area contributed by atoms with Gasteiger partial charge in [0.25, 0.3) is 0 Å². The Morgan fingerprint density at radius 2 is 2.33 bits per heavy atom. The molecule has 0 spiro atoms. The number of H-pyrrole nitrogens is 1. The zero-order chi connectivity index (χ0) is 10.3. The van der Waals surface area contributed by atoms with E-state index in [1.54, 1.807) is 6.33 Å². The van der Waals surface area contributed by atoms with Gasteiger partial charge in [0.2, 0.25) is 0 Å². The monoisotopic (exact) mass is 203 g/mol. The second kappa shape index (κ2) is 3.18. The first-order valence-corrected chi connectivity index (χ1v) is 5.33. The van der Waals surface area contributed by atoms with Crippen molar-refractivity contribution < 1.29 is 0 Å². The summed E-state index contributed by atoms with van der Waals surface area (Å²) in [6, 6.07) is 0.600. The van der Waals surface area contributed by atoms with Crippen LogP contribution in [0.2, 0.25) is 0 Å². The van der Waals surface area contributed by atoms with Crippen LogP contribution in [0, 0.1) is 0 Å². The predicted octanol–water partition coefficient (Wildman–Crippen LogP) is 1.49. The van der Waals surface area contributed by atoms with Crippen molar-refractivity contribution in [3.63, 3.8) is 0 Å². The van der Waals surface area contributed by atoms with Crippen LogP contribution in [-0.2, 0) is 6.42 Å². The maximum absolute atomic E-state index is 4.29. The van der Waals surface area contributed by atoms with Gasteiger partial charge in [-0.25, -0.2) is 9.97 Å². The van der Waals surface area contributed by atoms with Crippen LogP contribution in [0.15, 0.2) is 6.33 Å². The van der Waals surface area contributed by atoms with Crippen molar-refractivity contribution in [3.8, 4) is 0 Å². The van der Waals surface area contributed by atoms with Crippen LogP contribution in [0.1, 0.15) is 25.5 Å². The van der Waals surface area contributed by atoms with Gasteiger partial charge in [-0.15, -0.1) is 0 Å². The van der Waals surface area contributed by atoms with E-state index in [1.165, 1.54) is 12.8 Å². The van der Waals surface area contributed by atoms with Crippen LogP contribution in [0.3, 0.4) is 0 Å². The van der Waals surface area contributed by atoms with Gasteiger partial charge in [0.1, 0.15) is 12.1 Å². The number of aryl methyl sites for hydroxylation is 1. The summed E-state index contributed by atoms with van der Waals surface area (Å²) in [5.74, 6) is 0.924. The molecule has 0 aliphatic heterocycles. The normalized spacial score (nSPS) is 15.8. The van der Waals surface area contributed by atoms with Crippen LogP contribution in [0.5, 0.6) is 0 Å². The molecule has 0 aromatic carbocycles. The van der Waals surface area contributed by atoms with Gasteiger partial charge in [-0.05, 0) is 19.3 Å². The van der Waals surface area contributed by atoms with Gasteiger partial charge < -0.3 is 5.32 Å². The number of hydrogen-bond donors (Lipinski definition) is 2. The van der Waals surface area contributed by atoms with E-state index >= 15 is 0 Å². The van der Waals surface area contributed by atoms with Crippen molar-refractivity contribution in [3.05, 3.63) is 12.0 Å². The van der Waals surface area contributed by atoms with E-state index in [1.807, 2.05) is 0 Å². The fraction of sp³-hybridized carbons (Fsp3) is 0.500. The minimum absolute atomic E-state index is 0.600. The van der Waals surface area contributed by atoms with E-state index < -0.39 is 0 Å². The van der Waals surface area contributed by atoms with Crippen molar-refractivity contribution in [2.45, 2.75) is 32.2 Å². The lowest BCUT2D eigenvalue weighted by molar-refractivity contribution is 0.983. The van der Waals surface area contributed by atoms with Gasteiger partial charge in [-0.3, -0.25) is 5.10 Å². The summed E-state index contributed by atoms with van der Waals surface area (Å²) in [6.07, 6.45) is 4.96. The molecule has 5 heteroatoms. The first-order chi connectivity index (χ1) is 7.38. The molecule has 78 valence electrons. The topological polar surface area (TPSA) is 66.5 Å². The lowest BCUT2D eigenvalue weighted by Gasteiger charge is -2.04. The maximum atomic E-state index is 4.29. The van der Waals surface area contributed by atoms with Crippen LogP contribution in [0.4, 0.5) is 5.82 Å². The van der Waals surface area contributed by atoms with Crippen molar-refractivity contribution >= 4 is 16.9 Å². The third-order valence-corrected chi connectivity index (χ3v) is 2.70. The van der Waals surface area contributed by atoms with Crippen molar-refractivity contribution in [2.24, 2.45) is 0 Å². The molecule has 0 amide bonds. The second-order valence-electron chi connectivity index (χ2n) is 3.90. The number of hydrogen-bond acceptors (Lipinski definition) is 4. The second-order valence-corrected chi connectivity index (χ2v) is 3.90. The van der Waals surface area contributed by atoms with Gasteiger partial charge in [0.05, 0.1) is 5.39 Å². The highest BCUT2D eigenvalue weighted by Gasteiger charge is 2.23. The molecule has 0 radical (unpaired) electrons. The number of nitrogens with one attached hydrogen (secondary N) is 2. The number of anilines is 1. The fourth-order valence-electron chi connectivity index (χ4n) is 1.70. The number of nitrogens with zero attached hydrogens (tertiary/aromatic N) is 3. The minimum Gasteiger partial charge on any atom is -0.367 e. The van der Waals surface area contributed by atoms with Gasteiger partial charge in [-0.2, -0.15) is 5.10 Å². The molecule has 1 saturated carbocycles. The average Bonchev–Trinajstić information content (AvgIpc) is 2.97. The zero-order valence-electron chi connectivity index (χ0n) is 8.62. The highest BCUT2D eigenvalue weighted by molar-refractivity contribution is 5.88. The van der Waals surface area contributed by atoms with Gasteiger partial charge >= 0.3 is 0 Å². The predicted molar refractivity (Wildman–Crippen MR) is 57.7 cm³/mol. The van der Waals surface area contributed by atoms with E-state index in [9.17, 15) is 0 Å². The number of fused-ring (bicyclic) bond motifs is 1. The fourth-order valence-corrected chi connectivity index (χ4v) is 1.70. The third kappa shape index (κ3) is 1.44. The standard InChI is InChI=1S/C10H13N5/c1-2-7-8-9(13-6-3-4-6)11-5-12-10(8)15-14-7/h5-6H,2-4H2,1H3,(H2,11,12,13,14,15). The van der Waals surface area contributed by atoms with E-state index in [4.69, 9.17) is 0 Å². The number of aromatic amines is 1. The number of aromatic nitrogens is 4. The third-order valence-electron chi connectivity index (χ3n) is 2.70. The Balaban J connectivity index is 2.12. The Morgan fingerprint density at radius 3 is 3.07 bits per heavy atom. The summed E-state index contributed by atoms with van der Waals surface area (Å²) in [4.78, 5) is 8.43. The molecular weight excluding hydrogens is 190 g/mol. The first kappa shape index (κ1) is 8.64. The molecule has 2 aromatic heterocycles. The van der Waals surface area contributed by atoms with Crippen LogP contribution in [-0.4, -0.2) is 26.2 Å². The van der Waals surface area contributed by atoms with Crippen molar-refractivity contribution in [1.29, 1.82) is 0 Å². The molecule has 0 saturated heterocycles. The van der Waals surface area contributed by atoms with Gasteiger partial charge in [-0.1, -0.05) is 6.92 Å². The maximum Gasteiger partial charge on any atom is 0.186 e. The molecule has 2 aromatic rings. The summed E-state index contributed by atoms with van der Waals surface area (Å²) >= 11 is 0. The highest BCUT2D eigenvalue weighted by Crippen LogP contribution is 2.28. The Hall–Kier alpha value is -1.65. The van der Waals surface area contributed by atoms with Crippen LogP contribution >= 0.6 is 0 Å². The first-order valence-electron chi connectivity index (χ1n) is 5.33. The molecule has 1 aliphatic rings. The van der Waals surface area contributed by atoms with Crippen LogP contribution in [0.25, 0.3) is 11.0 Å². The highest BCUT2D eigenvalue weighted by atomic mass is 15.2. The molecule has 3 rings (SSSR count). The molecule has 1 fully saturated rings. The summed E-state index contributed by atoms with van der Waals surface area (Å²) < 4.78 is 0. The van der Waals surface area contributed by atoms with E-state index in [0.29, 0.717) is 6.04 Å². The molecule has 5 nitrogen and oxygen atoms in total. The van der Waals surface area contributed by atoms with Gasteiger partial charge in [0, 0.05) is 11.7 Å². The largest absolute Gasteiger partial charge is 0.367 e. The van der Waals surface area contributed by atoms with Crippen molar-refractivity contribution in [2.75, 3.05) is 5.32 Å². The van der Waals surface area contributed by atoms with Crippen LogP contribution < -0.4 is 5.32 Å². The Labute approximate surface area is 87.3 Å². The molecule has 1 aliphatic carbocycles.